The van der Waals surface area contributed by atoms with Gasteiger partial charge in [0, 0.05) is 37.7 Å². The monoisotopic (exact) mass is 317 g/mol. The first-order valence-electron chi connectivity index (χ1n) is 8.38. The molecule has 126 valence electrons. The van der Waals surface area contributed by atoms with Gasteiger partial charge in [-0.05, 0) is 56.4 Å². The number of carbonyl (C=O) groups excluding carboxylic acids is 2. The molecule has 0 spiro atoms. The maximum atomic E-state index is 12.8. The molecule has 1 fully saturated rings. The van der Waals surface area contributed by atoms with Gasteiger partial charge in [-0.2, -0.15) is 0 Å². The van der Waals surface area contributed by atoms with Crippen molar-refractivity contribution in [2.45, 2.75) is 45.6 Å². The summed E-state index contributed by atoms with van der Waals surface area (Å²) in [6, 6.07) is 5.91. The van der Waals surface area contributed by atoms with E-state index in [9.17, 15) is 9.59 Å². The summed E-state index contributed by atoms with van der Waals surface area (Å²) in [7, 11) is 0. The van der Waals surface area contributed by atoms with Gasteiger partial charge < -0.3 is 16.0 Å². The second-order valence-corrected chi connectivity index (χ2v) is 6.29. The van der Waals surface area contributed by atoms with E-state index >= 15 is 0 Å². The standard InChI is InChI=1S/C18H27N3O2/c1-13-6-7-15(11-14(13)2)18(23)21-10-4-3-5-16(21)12-20-17(22)8-9-19/h6-7,11,16H,3-5,8-10,12,19H2,1-2H3,(H,20,22). The largest absolute Gasteiger partial charge is 0.354 e. The van der Waals surface area contributed by atoms with Crippen LogP contribution >= 0.6 is 0 Å². The second kappa shape index (κ2) is 8.11. The Bertz CT molecular complexity index is 571. The van der Waals surface area contributed by atoms with E-state index in [-0.39, 0.29) is 17.9 Å². The van der Waals surface area contributed by atoms with Crippen LogP contribution in [0.3, 0.4) is 0 Å². The van der Waals surface area contributed by atoms with Gasteiger partial charge in [-0.15, -0.1) is 0 Å². The maximum absolute atomic E-state index is 12.8. The molecule has 1 unspecified atom stereocenters. The smallest absolute Gasteiger partial charge is 0.254 e. The fourth-order valence-electron chi connectivity index (χ4n) is 2.97. The minimum atomic E-state index is -0.0448. The predicted molar refractivity (Wildman–Crippen MR) is 91.3 cm³/mol. The predicted octanol–water partition coefficient (Wildman–Crippen LogP) is 1.76. The molecule has 0 radical (unpaired) electrons. The van der Waals surface area contributed by atoms with Gasteiger partial charge in [0.25, 0.3) is 5.91 Å². The third kappa shape index (κ3) is 4.55. The number of aryl methyl sites for hydroxylation is 2. The number of amides is 2. The molecule has 5 nitrogen and oxygen atoms in total. The van der Waals surface area contributed by atoms with Crippen molar-refractivity contribution in [3.8, 4) is 0 Å². The van der Waals surface area contributed by atoms with Crippen molar-refractivity contribution in [2.75, 3.05) is 19.6 Å². The highest BCUT2D eigenvalue weighted by molar-refractivity contribution is 5.94. The van der Waals surface area contributed by atoms with Gasteiger partial charge in [-0.3, -0.25) is 9.59 Å². The van der Waals surface area contributed by atoms with Crippen LogP contribution < -0.4 is 11.1 Å². The average Bonchev–Trinajstić information content (AvgIpc) is 2.55. The van der Waals surface area contributed by atoms with Gasteiger partial charge >= 0.3 is 0 Å². The highest BCUT2D eigenvalue weighted by Crippen LogP contribution is 2.20. The number of carbonyl (C=O) groups is 2. The molecule has 1 aromatic carbocycles. The molecule has 0 aromatic heterocycles. The Morgan fingerprint density at radius 1 is 1.26 bits per heavy atom. The lowest BCUT2D eigenvalue weighted by molar-refractivity contribution is -0.121. The topological polar surface area (TPSA) is 75.4 Å². The number of hydrogen-bond acceptors (Lipinski definition) is 3. The third-order valence-corrected chi connectivity index (χ3v) is 4.55. The molecule has 3 N–H and O–H groups in total. The molecule has 1 heterocycles. The Morgan fingerprint density at radius 2 is 2.04 bits per heavy atom. The molecule has 1 atom stereocenters. The Labute approximate surface area is 138 Å². The normalized spacial score (nSPS) is 17.9. The summed E-state index contributed by atoms with van der Waals surface area (Å²) in [5, 5.41) is 2.90. The van der Waals surface area contributed by atoms with Gasteiger partial charge in [0.2, 0.25) is 5.91 Å². The Morgan fingerprint density at radius 3 is 2.74 bits per heavy atom. The summed E-state index contributed by atoms with van der Waals surface area (Å²) in [5.41, 5.74) is 8.43. The van der Waals surface area contributed by atoms with Crippen LogP contribution in [0.15, 0.2) is 18.2 Å². The van der Waals surface area contributed by atoms with E-state index in [4.69, 9.17) is 5.73 Å². The van der Waals surface area contributed by atoms with E-state index in [0.29, 0.717) is 19.5 Å². The number of piperidine rings is 1. The molecular formula is C18H27N3O2. The molecule has 23 heavy (non-hydrogen) atoms. The van der Waals surface area contributed by atoms with Crippen molar-refractivity contribution < 1.29 is 9.59 Å². The minimum Gasteiger partial charge on any atom is -0.354 e. The van der Waals surface area contributed by atoms with Gasteiger partial charge in [-0.1, -0.05) is 6.07 Å². The zero-order valence-electron chi connectivity index (χ0n) is 14.1. The fourth-order valence-corrected chi connectivity index (χ4v) is 2.97. The lowest BCUT2D eigenvalue weighted by Gasteiger charge is -2.36. The molecule has 1 aromatic rings. The number of likely N-dealkylation sites (tertiary alicyclic amines) is 1. The Balaban J connectivity index is 2.06. The summed E-state index contributed by atoms with van der Waals surface area (Å²) >= 11 is 0. The first kappa shape index (κ1) is 17.5. The van der Waals surface area contributed by atoms with E-state index in [2.05, 4.69) is 5.32 Å². The molecule has 0 saturated carbocycles. The van der Waals surface area contributed by atoms with Crippen LogP contribution in [0.1, 0.15) is 47.2 Å². The van der Waals surface area contributed by atoms with Gasteiger partial charge in [-0.25, -0.2) is 0 Å². The summed E-state index contributed by atoms with van der Waals surface area (Å²) < 4.78 is 0. The van der Waals surface area contributed by atoms with Crippen LogP contribution in [0.5, 0.6) is 0 Å². The van der Waals surface area contributed by atoms with Crippen molar-refractivity contribution in [1.29, 1.82) is 0 Å². The van der Waals surface area contributed by atoms with Crippen LogP contribution in [0, 0.1) is 13.8 Å². The summed E-state index contributed by atoms with van der Waals surface area (Å²) in [6.07, 6.45) is 3.37. The van der Waals surface area contributed by atoms with Gasteiger partial charge in [0.1, 0.15) is 0 Å². The number of nitrogens with two attached hydrogens (primary N) is 1. The second-order valence-electron chi connectivity index (χ2n) is 6.29. The molecule has 1 aliphatic heterocycles. The number of hydrogen-bond donors (Lipinski definition) is 2. The van der Waals surface area contributed by atoms with E-state index in [1.54, 1.807) is 0 Å². The van der Waals surface area contributed by atoms with Crippen LogP contribution in [0.4, 0.5) is 0 Å². The van der Waals surface area contributed by atoms with Gasteiger partial charge in [0.15, 0.2) is 0 Å². The van der Waals surface area contributed by atoms with Crippen LogP contribution in [0.2, 0.25) is 0 Å². The third-order valence-electron chi connectivity index (χ3n) is 4.55. The number of benzene rings is 1. The van der Waals surface area contributed by atoms with Gasteiger partial charge in [0.05, 0.1) is 0 Å². The van der Waals surface area contributed by atoms with Crippen molar-refractivity contribution in [2.24, 2.45) is 5.73 Å². The Hall–Kier alpha value is -1.88. The number of nitrogens with zero attached hydrogens (tertiary/aromatic N) is 1. The van der Waals surface area contributed by atoms with E-state index in [1.807, 2.05) is 36.9 Å². The lowest BCUT2D eigenvalue weighted by atomic mass is 9.99. The minimum absolute atomic E-state index is 0.0448. The van der Waals surface area contributed by atoms with E-state index < -0.39 is 0 Å². The van der Waals surface area contributed by atoms with Crippen molar-refractivity contribution in [1.82, 2.24) is 10.2 Å². The first-order chi connectivity index (χ1) is 11.0. The number of nitrogens with one attached hydrogen (secondary N) is 1. The molecule has 5 heteroatoms. The van der Waals surface area contributed by atoms with E-state index in [0.717, 1.165) is 36.9 Å². The first-order valence-corrected chi connectivity index (χ1v) is 8.38. The Kier molecular flexibility index (Phi) is 6.16. The zero-order valence-corrected chi connectivity index (χ0v) is 14.1. The van der Waals surface area contributed by atoms with Crippen molar-refractivity contribution >= 4 is 11.8 Å². The highest BCUT2D eigenvalue weighted by atomic mass is 16.2. The quantitative estimate of drug-likeness (QED) is 0.869. The lowest BCUT2D eigenvalue weighted by Crippen LogP contribution is -2.49. The molecule has 2 amide bonds. The van der Waals surface area contributed by atoms with Crippen LogP contribution in [0.25, 0.3) is 0 Å². The highest BCUT2D eigenvalue weighted by Gasteiger charge is 2.27. The fraction of sp³-hybridized carbons (Fsp3) is 0.556. The van der Waals surface area contributed by atoms with Crippen LogP contribution in [-0.4, -0.2) is 42.4 Å². The van der Waals surface area contributed by atoms with E-state index in [1.165, 1.54) is 5.56 Å². The number of rotatable bonds is 5. The van der Waals surface area contributed by atoms with Crippen LogP contribution in [-0.2, 0) is 4.79 Å². The SMILES string of the molecule is Cc1ccc(C(=O)N2CCCCC2CNC(=O)CCN)cc1C. The molecule has 0 bridgehead atoms. The summed E-state index contributed by atoms with van der Waals surface area (Å²) in [5.74, 6) is 0.0162. The molecule has 0 aliphatic carbocycles. The van der Waals surface area contributed by atoms with Crippen molar-refractivity contribution in [3.63, 3.8) is 0 Å². The zero-order chi connectivity index (χ0) is 16.8. The summed E-state index contributed by atoms with van der Waals surface area (Å²) in [6.45, 7) is 5.67. The summed E-state index contributed by atoms with van der Waals surface area (Å²) in [4.78, 5) is 26.4. The molecule has 2 rings (SSSR count). The van der Waals surface area contributed by atoms with Crippen molar-refractivity contribution in [3.05, 3.63) is 34.9 Å². The molecular weight excluding hydrogens is 290 g/mol. The maximum Gasteiger partial charge on any atom is 0.254 e. The molecule has 1 aliphatic rings. The average molecular weight is 317 g/mol. The molecule has 1 saturated heterocycles.